The molecule has 1 heterocycles. The zero-order valence-corrected chi connectivity index (χ0v) is 16.8. The molecule has 2 atom stereocenters. The van der Waals surface area contributed by atoms with Crippen LogP contribution in [0.1, 0.15) is 37.8 Å². The molecule has 0 radical (unpaired) electrons. The van der Waals surface area contributed by atoms with E-state index in [0.717, 1.165) is 12.1 Å². The molecule has 1 fully saturated rings. The summed E-state index contributed by atoms with van der Waals surface area (Å²) in [6, 6.07) is 5.28. The Morgan fingerprint density at radius 2 is 2.04 bits per heavy atom. The fourth-order valence-corrected chi connectivity index (χ4v) is 3.58. The number of hydrogen-bond donors (Lipinski definition) is 1. The van der Waals surface area contributed by atoms with Crippen LogP contribution in [0.2, 0.25) is 0 Å². The average molecular weight is 401 g/mol. The largest absolute Gasteiger partial charge is 0.416 e. The van der Waals surface area contributed by atoms with Crippen LogP contribution in [0.15, 0.2) is 24.3 Å². The predicted molar refractivity (Wildman–Crippen MR) is 103 cm³/mol. The third kappa shape index (κ3) is 4.91. The second kappa shape index (κ2) is 8.46. The van der Waals surface area contributed by atoms with Crippen molar-refractivity contribution in [3.05, 3.63) is 35.4 Å². The second-order valence-corrected chi connectivity index (χ2v) is 7.51. The van der Waals surface area contributed by atoms with Crippen LogP contribution in [0, 0.1) is 5.92 Å². The van der Waals surface area contributed by atoms with Crippen LogP contribution in [0.3, 0.4) is 0 Å². The summed E-state index contributed by atoms with van der Waals surface area (Å²) in [6.45, 7) is 7.19. The van der Waals surface area contributed by atoms with Gasteiger partial charge in [-0.25, -0.2) is 0 Å². The van der Waals surface area contributed by atoms with E-state index < -0.39 is 17.7 Å². The first kappa shape index (κ1) is 21.5. The third-order valence-corrected chi connectivity index (χ3v) is 5.42. The Morgan fingerprint density at radius 3 is 2.59 bits per heavy atom. The molecule has 2 rings (SSSR count). The number of nitrogens with one attached hydrogen (secondary N) is 1. The highest BCUT2D eigenvalue weighted by Gasteiger charge is 2.41. The maximum atomic E-state index is 13.1. The fourth-order valence-electron chi connectivity index (χ4n) is 3.28. The maximum absolute atomic E-state index is 13.1. The molecule has 150 valence electrons. The molecule has 1 amide bonds. The van der Waals surface area contributed by atoms with Crippen molar-refractivity contribution in [1.82, 2.24) is 15.1 Å². The van der Waals surface area contributed by atoms with Crippen molar-refractivity contribution in [3.63, 3.8) is 0 Å². The standard InChI is InChI=1S/C19H26F3N3OS/c1-5-23-18(27)25-10-15(16(11-25)17(26)24(4)12(2)3)13-7-6-8-14(9-13)19(20,21)22/h6-9,12,15-16H,5,10-11H2,1-4H3,(H,23,27). The zero-order chi connectivity index (χ0) is 20.4. The predicted octanol–water partition coefficient (Wildman–Crippen LogP) is 3.48. The van der Waals surface area contributed by atoms with Gasteiger partial charge in [-0.15, -0.1) is 0 Å². The first-order chi connectivity index (χ1) is 12.6. The van der Waals surface area contributed by atoms with Gasteiger partial charge in [0.1, 0.15) is 0 Å². The van der Waals surface area contributed by atoms with E-state index in [0.29, 0.717) is 30.3 Å². The van der Waals surface area contributed by atoms with Crippen LogP contribution in [0.25, 0.3) is 0 Å². The van der Waals surface area contributed by atoms with Crippen molar-refractivity contribution in [3.8, 4) is 0 Å². The van der Waals surface area contributed by atoms with Crippen LogP contribution < -0.4 is 5.32 Å². The highest BCUT2D eigenvalue weighted by atomic mass is 32.1. The van der Waals surface area contributed by atoms with Crippen molar-refractivity contribution in [2.75, 3.05) is 26.7 Å². The number of alkyl halides is 3. The zero-order valence-electron chi connectivity index (χ0n) is 16.0. The molecule has 1 N–H and O–H groups in total. The van der Waals surface area contributed by atoms with E-state index in [1.807, 2.05) is 25.7 Å². The lowest BCUT2D eigenvalue weighted by molar-refractivity contribution is -0.137. The van der Waals surface area contributed by atoms with Crippen molar-refractivity contribution < 1.29 is 18.0 Å². The van der Waals surface area contributed by atoms with Gasteiger partial charge in [0, 0.05) is 38.6 Å². The molecule has 0 spiro atoms. The lowest BCUT2D eigenvalue weighted by atomic mass is 9.87. The molecular formula is C19H26F3N3OS. The van der Waals surface area contributed by atoms with Gasteiger partial charge in [-0.2, -0.15) is 13.2 Å². The Labute approximate surface area is 163 Å². The van der Waals surface area contributed by atoms with E-state index >= 15 is 0 Å². The fraction of sp³-hybridized carbons (Fsp3) is 0.579. The summed E-state index contributed by atoms with van der Waals surface area (Å²) in [7, 11) is 1.72. The van der Waals surface area contributed by atoms with Crippen molar-refractivity contribution in [2.24, 2.45) is 5.92 Å². The molecule has 0 aromatic heterocycles. The van der Waals surface area contributed by atoms with Crippen LogP contribution >= 0.6 is 12.2 Å². The van der Waals surface area contributed by atoms with Crippen LogP contribution in [0.5, 0.6) is 0 Å². The van der Waals surface area contributed by atoms with Gasteiger partial charge in [0.25, 0.3) is 0 Å². The van der Waals surface area contributed by atoms with Crippen molar-refractivity contribution in [1.29, 1.82) is 0 Å². The number of likely N-dealkylation sites (tertiary alicyclic amines) is 1. The van der Waals surface area contributed by atoms with Gasteiger partial charge in [0.2, 0.25) is 5.91 Å². The van der Waals surface area contributed by atoms with E-state index in [-0.39, 0.29) is 17.9 Å². The number of carbonyl (C=O) groups is 1. The highest BCUT2D eigenvalue weighted by Crippen LogP contribution is 2.37. The number of hydrogen-bond acceptors (Lipinski definition) is 2. The number of halogens is 3. The monoisotopic (exact) mass is 401 g/mol. The Bertz CT molecular complexity index is 693. The first-order valence-corrected chi connectivity index (χ1v) is 9.43. The summed E-state index contributed by atoms with van der Waals surface area (Å²) >= 11 is 5.37. The van der Waals surface area contributed by atoms with Crippen LogP contribution in [0.4, 0.5) is 13.2 Å². The lowest BCUT2D eigenvalue weighted by Gasteiger charge is -2.27. The number of benzene rings is 1. The summed E-state index contributed by atoms with van der Waals surface area (Å²) in [4.78, 5) is 16.5. The number of amides is 1. The van der Waals surface area contributed by atoms with Crippen molar-refractivity contribution in [2.45, 2.75) is 38.9 Å². The summed E-state index contributed by atoms with van der Waals surface area (Å²) in [5.74, 6) is -0.871. The molecule has 1 aromatic rings. The van der Waals surface area contributed by atoms with Crippen LogP contribution in [-0.4, -0.2) is 53.5 Å². The summed E-state index contributed by atoms with van der Waals surface area (Å²) in [5.41, 5.74) is -0.182. The molecule has 0 aliphatic carbocycles. The minimum atomic E-state index is -4.42. The number of thiocarbonyl (C=S) groups is 1. The number of carbonyl (C=O) groups excluding carboxylic acids is 1. The van der Waals surface area contributed by atoms with E-state index in [9.17, 15) is 18.0 Å². The van der Waals surface area contributed by atoms with Gasteiger partial charge in [-0.05, 0) is 44.6 Å². The smallest absolute Gasteiger partial charge is 0.363 e. The van der Waals surface area contributed by atoms with E-state index in [1.165, 1.54) is 6.07 Å². The molecule has 1 saturated heterocycles. The normalized spacial score (nSPS) is 20.1. The van der Waals surface area contributed by atoms with Gasteiger partial charge in [0.05, 0.1) is 11.5 Å². The van der Waals surface area contributed by atoms with Gasteiger partial charge >= 0.3 is 6.18 Å². The number of rotatable bonds is 4. The van der Waals surface area contributed by atoms with Gasteiger partial charge in [-0.3, -0.25) is 4.79 Å². The third-order valence-electron chi connectivity index (χ3n) is 5.02. The Balaban J connectivity index is 2.37. The molecule has 2 unspecified atom stereocenters. The Kier molecular flexibility index (Phi) is 6.72. The van der Waals surface area contributed by atoms with Gasteiger partial charge < -0.3 is 15.1 Å². The van der Waals surface area contributed by atoms with E-state index in [4.69, 9.17) is 12.2 Å². The minimum Gasteiger partial charge on any atom is -0.363 e. The molecule has 4 nitrogen and oxygen atoms in total. The summed E-state index contributed by atoms with van der Waals surface area (Å²) < 4.78 is 39.4. The second-order valence-electron chi connectivity index (χ2n) is 7.12. The quantitative estimate of drug-likeness (QED) is 0.784. The molecule has 8 heteroatoms. The SMILES string of the molecule is CCNC(=S)N1CC(C(=O)N(C)C(C)C)C(c2cccc(C(F)(F)F)c2)C1. The molecule has 1 aromatic carbocycles. The van der Waals surface area contributed by atoms with Gasteiger partial charge in [-0.1, -0.05) is 18.2 Å². The minimum absolute atomic E-state index is 0.00873. The molecule has 0 saturated carbocycles. The van der Waals surface area contributed by atoms with Gasteiger partial charge in [0.15, 0.2) is 5.11 Å². The first-order valence-electron chi connectivity index (χ1n) is 9.02. The molecule has 1 aliphatic heterocycles. The molecule has 27 heavy (non-hydrogen) atoms. The topological polar surface area (TPSA) is 35.6 Å². The molecular weight excluding hydrogens is 375 g/mol. The summed E-state index contributed by atoms with van der Waals surface area (Å²) in [6.07, 6.45) is -4.42. The summed E-state index contributed by atoms with van der Waals surface area (Å²) in [5, 5.41) is 3.58. The Hall–Kier alpha value is -1.83. The molecule has 1 aliphatic rings. The lowest BCUT2D eigenvalue weighted by Crippen LogP contribution is -2.42. The van der Waals surface area contributed by atoms with E-state index in [1.54, 1.807) is 18.0 Å². The average Bonchev–Trinajstić information content (AvgIpc) is 3.05. The number of nitrogens with zero attached hydrogens (tertiary/aromatic N) is 2. The maximum Gasteiger partial charge on any atom is 0.416 e. The molecule has 0 bridgehead atoms. The Morgan fingerprint density at radius 1 is 1.37 bits per heavy atom. The van der Waals surface area contributed by atoms with E-state index in [2.05, 4.69) is 5.32 Å². The highest BCUT2D eigenvalue weighted by molar-refractivity contribution is 7.80. The van der Waals surface area contributed by atoms with Crippen molar-refractivity contribution >= 4 is 23.2 Å². The van der Waals surface area contributed by atoms with Crippen LogP contribution in [-0.2, 0) is 11.0 Å².